The van der Waals surface area contributed by atoms with E-state index >= 15 is 0 Å². The van der Waals surface area contributed by atoms with Gasteiger partial charge in [0.1, 0.15) is 0 Å². The van der Waals surface area contributed by atoms with Crippen LogP contribution in [0.5, 0.6) is 0 Å². The molecule has 0 bridgehead atoms. The summed E-state index contributed by atoms with van der Waals surface area (Å²) in [5.74, 6) is 0. The van der Waals surface area contributed by atoms with Gasteiger partial charge in [-0.2, -0.15) is 0 Å². The van der Waals surface area contributed by atoms with Gasteiger partial charge in [-0.15, -0.1) is 0 Å². The topological polar surface area (TPSA) is 31.6 Å². The summed E-state index contributed by atoms with van der Waals surface area (Å²) in [6.45, 7) is 5.77. The molecule has 2 nitrogen and oxygen atoms in total. The Balaban J connectivity index is 0.000000141. The van der Waals surface area contributed by atoms with Gasteiger partial charge in [0.2, 0.25) is 0 Å². The summed E-state index contributed by atoms with van der Waals surface area (Å²) in [7, 11) is 0. The molecule has 0 aliphatic rings. The predicted molar refractivity (Wildman–Crippen MR) is 104 cm³/mol. The van der Waals surface area contributed by atoms with Crippen LogP contribution in [0.2, 0.25) is 0 Å². The van der Waals surface area contributed by atoms with Gasteiger partial charge >= 0.3 is 0 Å². The first kappa shape index (κ1) is 15.9. The van der Waals surface area contributed by atoms with Crippen LogP contribution in [0.3, 0.4) is 0 Å². The lowest BCUT2D eigenvalue weighted by Gasteiger charge is -1.95. The number of nitrogens with one attached hydrogen (secondary N) is 2. The van der Waals surface area contributed by atoms with Crippen LogP contribution in [0.4, 0.5) is 0 Å². The van der Waals surface area contributed by atoms with Crippen molar-refractivity contribution in [2.45, 2.75) is 13.3 Å². The second-order valence-corrected chi connectivity index (χ2v) is 5.78. The fraction of sp³-hybridized carbons (Fsp3) is 0.0909. The molecule has 24 heavy (non-hydrogen) atoms. The van der Waals surface area contributed by atoms with Crippen molar-refractivity contribution in [3.05, 3.63) is 96.7 Å². The van der Waals surface area contributed by atoms with Gasteiger partial charge in [-0.05, 0) is 31.0 Å². The number of allylic oxidation sites excluding steroid dienone is 3. The van der Waals surface area contributed by atoms with Crippen molar-refractivity contribution < 1.29 is 0 Å². The Bertz CT molecular complexity index is 954. The van der Waals surface area contributed by atoms with Crippen molar-refractivity contribution in [1.29, 1.82) is 0 Å². The maximum absolute atomic E-state index is 3.70. The molecule has 2 aromatic heterocycles. The highest BCUT2D eigenvalue weighted by Gasteiger charge is 2.01. The van der Waals surface area contributed by atoms with Crippen LogP contribution in [-0.2, 0) is 6.42 Å². The zero-order chi connectivity index (χ0) is 16.8. The number of aromatic amines is 2. The lowest BCUT2D eigenvalue weighted by Crippen LogP contribution is -1.79. The van der Waals surface area contributed by atoms with E-state index in [-0.39, 0.29) is 0 Å². The van der Waals surface area contributed by atoms with Gasteiger partial charge in [0, 0.05) is 17.1 Å². The van der Waals surface area contributed by atoms with E-state index in [0.717, 1.165) is 6.42 Å². The molecule has 0 saturated heterocycles. The fourth-order valence-corrected chi connectivity index (χ4v) is 2.63. The highest BCUT2D eigenvalue weighted by molar-refractivity contribution is 6.04. The van der Waals surface area contributed by atoms with Crippen molar-refractivity contribution in [3.8, 4) is 0 Å². The molecule has 4 rings (SSSR count). The lowest BCUT2D eigenvalue weighted by atomic mass is 10.1. The number of H-pyrrole nitrogens is 2. The molecule has 0 fully saturated rings. The molecule has 2 N–H and O–H groups in total. The van der Waals surface area contributed by atoms with Crippen LogP contribution in [-0.4, -0.2) is 9.97 Å². The summed E-state index contributed by atoms with van der Waals surface area (Å²) in [5.41, 5.74) is 6.15. The lowest BCUT2D eigenvalue weighted by molar-refractivity contribution is 1.24. The first-order valence-electron chi connectivity index (χ1n) is 8.15. The molecule has 0 unspecified atom stereocenters. The van der Waals surface area contributed by atoms with Gasteiger partial charge < -0.3 is 9.97 Å². The SMILES string of the molecule is C=C/C(C)=C\Cc1ccccc1.c1ccc2c(c1)[nH]c1cc[nH]c12. The molecule has 0 aliphatic carbocycles. The maximum Gasteiger partial charge on any atom is 0.0714 e. The normalized spacial score (nSPS) is 11.3. The largest absolute Gasteiger partial charge is 0.359 e. The van der Waals surface area contributed by atoms with Crippen molar-refractivity contribution >= 4 is 21.9 Å². The first-order valence-corrected chi connectivity index (χ1v) is 8.15. The number of fused-ring (bicyclic) bond motifs is 3. The average Bonchev–Trinajstić information content (AvgIpc) is 3.22. The quantitative estimate of drug-likeness (QED) is 0.434. The predicted octanol–water partition coefficient (Wildman–Crippen LogP) is 6.01. The van der Waals surface area contributed by atoms with Gasteiger partial charge in [-0.3, -0.25) is 0 Å². The minimum atomic E-state index is 0.999. The zero-order valence-corrected chi connectivity index (χ0v) is 13.9. The van der Waals surface area contributed by atoms with Crippen LogP contribution in [0.15, 0.2) is 91.2 Å². The molecule has 2 heteroatoms. The van der Waals surface area contributed by atoms with Crippen LogP contribution >= 0.6 is 0 Å². The Morgan fingerprint density at radius 1 is 0.958 bits per heavy atom. The van der Waals surface area contributed by atoms with E-state index in [4.69, 9.17) is 0 Å². The average molecular weight is 314 g/mol. The maximum atomic E-state index is 3.70. The molecule has 4 aromatic rings. The van der Waals surface area contributed by atoms with Crippen molar-refractivity contribution in [2.24, 2.45) is 0 Å². The Labute approximate surface area is 142 Å². The van der Waals surface area contributed by atoms with Gasteiger partial charge in [-0.1, -0.05) is 72.8 Å². The summed E-state index contributed by atoms with van der Waals surface area (Å²) >= 11 is 0. The molecular weight excluding hydrogens is 292 g/mol. The number of para-hydroxylation sites is 1. The van der Waals surface area contributed by atoms with Gasteiger partial charge in [0.15, 0.2) is 0 Å². The fourth-order valence-electron chi connectivity index (χ4n) is 2.63. The number of hydrogen-bond donors (Lipinski definition) is 2. The summed E-state index contributed by atoms with van der Waals surface area (Å²) in [6, 6.07) is 20.8. The molecular formula is C22H22N2. The minimum Gasteiger partial charge on any atom is -0.359 e. The molecule has 2 heterocycles. The van der Waals surface area contributed by atoms with Crippen LogP contribution in [0.25, 0.3) is 21.9 Å². The molecule has 0 radical (unpaired) electrons. The summed E-state index contributed by atoms with van der Waals surface area (Å²) < 4.78 is 0. The van der Waals surface area contributed by atoms with Crippen molar-refractivity contribution in [1.82, 2.24) is 9.97 Å². The van der Waals surface area contributed by atoms with Crippen molar-refractivity contribution in [3.63, 3.8) is 0 Å². The molecule has 0 spiro atoms. The molecule has 2 aromatic carbocycles. The second kappa shape index (κ2) is 7.51. The standard InChI is InChI=1S/C12H14.C10H8N2/c1-3-11(2)9-10-12-7-5-4-6-8-12;1-2-4-8-7(3-1)10-9(12-8)5-6-11-10/h3-9H,1,10H2,2H3;1-6,11-12H/b11-9-;. The van der Waals surface area contributed by atoms with Crippen molar-refractivity contribution in [2.75, 3.05) is 0 Å². The number of benzene rings is 2. The second-order valence-electron chi connectivity index (χ2n) is 5.78. The van der Waals surface area contributed by atoms with E-state index in [0.29, 0.717) is 0 Å². The number of hydrogen-bond acceptors (Lipinski definition) is 0. The van der Waals surface area contributed by atoms with Gasteiger partial charge in [0.05, 0.1) is 11.0 Å². The van der Waals surface area contributed by atoms with E-state index in [2.05, 4.69) is 78.1 Å². The molecule has 120 valence electrons. The van der Waals surface area contributed by atoms with Gasteiger partial charge in [0.25, 0.3) is 0 Å². The van der Waals surface area contributed by atoms with Gasteiger partial charge in [-0.25, -0.2) is 0 Å². The van der Waals surface area contributed by atoms with E-state index in [1.807, 2.05) is 24.4 Å². The third-order valence-electron chi connectivity index (χ3n) is 4.04. The monoisotopic (exact) mass is 314 g/mol. The summed E-state index contributed by atoms with van der Waals surface area (Å²) in [6.07, 6.45) is 7.01. The minimum absolute atomic E-state index is 0.999. The summed E-state index contributed by atoms with van der Waals surface area (Å²) in [5, 5.41) is 1.26. The van der Waals surface area contributed by atoms with E-state index < -0.39 is 0 Å². The van der Waals surface area contributed by atoms with Crippen LogP contribution in [0.1, 0.15) is 12.5 Å². The van der Waals surface area contributed by atoms with E-state index in [9.17, 15) is 0 Å². The molecule has 0 aliphatic heterocycles. The third-order valence-corrected chi connectivity index (χ3v) is 4.04. The first-order chi connectivity index (χ1) is 11.8. The molecule has 0 saturated carbocycles. The number of aromatic nitrogens is 2. The Kier molecular flexibility index (Phi) is 4.97. The third kappa shape index (κ3) is 3.66. The van der Waals surface area contributed by atoms with E-state index in [1.54, 1.807) is 0 Å². The summed E-state index contributed by atoms with van der Waals surface area (Å²) in [4.78, 5) is 6.54. The Morgan fingerprint density at radius 3 is 2.50 bits per heavy atom. The van der Waals surface area contributed by atoms with Crippen LogP contribution < -0.4 is 0 Å². The highest BCUT2D eigenvalue weighted by atomic mass is 14.8. The van der Waals surface area contributed by atoms with E-state index in [1.165, 1.54) is 33.1 Å². The zero-order valence-electron chi connectivity index (χ0n) is 13.9. The molecule has 0 amide bonds. The van der Waals surface area contributed by atoms with Crippen LogP contribution in [0, 0.1) is 0 Å². The Hall–Kier alpha value is -3.00. The Morgan fingerprint density at radius 2 is 1.71 bits per heavy atom. The smallest absolute Gasteiger partial charge is 0.0714 e. The highest BCUT2D eigenvalue weighted by Crippen LogP contribution is 2.22. The molecule has 0 atom stereocenters. The number of rotatable bonds is 3.